The molecule has 3 fully saturated rings. The van der Waals surface area contributed by atoms with Gasteiger partial charge in [0.05, 0.1) is 12.5 Å². The quantitative estimate of drug-likeness (QED) is 0.102. The summed E-state index contributed by atoms with van der Waals surface area (Å²) in [6.45, 7) is 5.49. The van der Waals surface area contributed by atoms with Crippen LogP contribution >= 0.6 is 0 Å². The van der Waals surface area contributed by atoms with Gasteiger partial charge in [-0.1, -0.05) is 36.9 Å². The normalized spacial score (nSPS) is 23.6. The van der Waals surface area contributed by atoms with E-state index in [0.29, 0.717) is 37.9 Å². The van der Waals surface area contributed by atoms with Gasteiger partial charge in [0.1, 0.15) is 5.83 Å². The van der Waals surface area contributed by atoms with Crippen molar-refractivity contribution in [3.63, 3.8) is 0 Å². The van der Waals surface area contributed by atoms with Crippen molar-refractivity contribution in [3.8, 4) is 0 Å². The lowest BCUT2D eigenvalue weighted by Gasteiger charge is -2.32. The van der Waals surface area contributed by atoms with Crippen LogP contribution in [0.4, 0.5) is 4.39 Å². The smallest absolute Gasteiger partial charge is 0.233 e. The fraction of sp³-hybridized carbons (Fsp3) is 0.704. The van der Waals surface area contributed by atoms with E-state index in [4.69, 9.17) is 14.8 Å². The molecule has 3 rings (SSSR count). The molecule has 0 aromatic rings. The Bertz CT molecular complexity index is 824. The monoisotopic (exact) mass is 538 g/mol. The first-order valence-corrected chi connectivity index (χ1v) is 13.6. The maximum absolute atomic E-state index is 13.2. The number of ether oxygens (including phenoxy) is 1. The minimum atomic E-state index is -0.483. The highest BCUT2D eigenvalue weighted by atomic mass is 19.1. The number of carbonyl (C=O) groups excluding carboxylic acids is 3. The largest absolute Gasteiger partial charge is 0.409 e. The number of hydrogen-bond acceptors (Lipinski definition) is 7. The third-order valence-electron chi connectivity index (χ3n) is 7.18. The number of hydrogen-bond donors (Lipinski definition) is 2. The summed E-state index contributed by atoms with van der Waals surface area (Å²) in [6, 6.07) is 0.306. The van der Waals surface area contributed by atoms with Crippen LogP contribution in [0, 0.1) is 11.8 Å². The first-order chi connectivity index (χ1) is 18.4. The molecule has 38 heavy (non-hydrogen) atoms. The van der Waals surface area contributed by atoms with E-state index in [9.17, 15) is 18.8 Å². The molecule has 2 aliphatic heterocycles. The van der Waals surface area contributed by atoms with Gasteiger partial charge in [-0.2, -0.15) is 0 Å². The van der Waals surface area contributed by atoms with Gasteiger partial charge in [0, 0.05) is 25.6 Å². The molecular weight excluding hydrogens is 495 g/mol. The molecule has 0 aromatic carbocycles. The molecule has 0 spiro atoms. The van der Waals surface area contributed by atoms with Crippen molar-refractivity contribution in [1.82, 2.24) is 15.3 Å². The second-order valence-corrected chi connectivity index (χ2v) is 9.97. The molecule has 0 bridgehead atoms. The molecule has 0 radical (unpaired) electrons. The summed E-state index contributed by atoms with van der Waals surface area (Å²) in [6.07, 6.45) is 14.9. The van der Waals surface area contributed by atoms with Crippen LogP contribution in [0.2, 0.25) is 0 Å². The van der Waals surface area contributed by atoms with E-state index in [1.54, 1.807) is 0 Å². The summed E-state index contributed by atoms with van der Waals surface area (Å²) < 4.78 is 18.0. The van der Waals surface area contributed by atoms with Crippen LogP contribution in [-0.2, 0) is 24.0 Å². The van der Waals surface area contributed by atoms with Crippen molar-refractivity contribution in [2.24, 2.45) is 17.0 Å². The Morgan fingerprint density at radius 1 is 1.18 bits per heavy atom. The van der Waals surface area contributed by atoms with Crippen LogP contribution < -0.4 is 5.32 Å². The van der Waals surface area contributed by atoms with E-state index >= 15 is 0 Å². The molecule has 2 heterocycles. The van der Waals surface area contributed by atoms with Gasteiger partial charge in [0.15, 0.2) is 12.1 Å². The average molecular weight is 539 g/mol. The van der Waals surface area contributed by atoms with Crippen LogP contribution in [0.15, 0.2) is 29.2 Å². The average Bonchev–Trinajstić information content (AvgIpc) is 3.62. The summed E-state index contributed by atoms with van der Waals surface area (Å²) in [5.74, 6) is 0.0153. The third-order valence-corrected chi connectivity index (χ3v) is 7.18. The minimum Gasteiger partial charge on any atom is -0.409 e. The topological polar surface area (TPSA) is 121 Å². The fourth-order valence-corrected chi connectivity index (χ4v) is 5.10. The highest BCUT2D eigenvalue weighted by molar-refractivity contribution is 5.98. The SMILES string of the molecule is CC1CCCN1C(=O)C(CC1CCCC1)CN(C=O)OC1CCCCO1.C\C=C(F)/C=C\C(=N\O)NC=O. The number of hydroxylamine groups is 2. The van der Waals surface area contributed by atoms with Crippen molar-refractivity contribution in [2.45, 2.75) is 90.4 Å². The van der Waals surface area contributed by atoms with Crippen LogP contribution in [0.5, 0.6) is 0 Å². The van der Waals surface area contributed by atoms with Gasteiger partial charge in [0.25, 0.3) is 0 Å². The predicted octanol–water partition coefficient (Wildman–Crippen LogP) is 4.06. The van der Waals surface area contributed by atoms with Crippen molar-refractivity contribution >= 4 is 24.6 Å². The van der Waals surface area contributed by atoms with Crippen molar-refractivity contribution in [3.05, 3.63) is 24.1 Å². The third kappa shape index (κ3) is 10.9. The molecule has 3 aliphatic rings. The van der Waals surface area contributed by atoms with Crippen LogP contribution in [0.1, 0.15) is 78.1 Å². The van der Waals surface area contributed by atoms with Crippen molar-refractivity contribution in [2.75, 3.05) is 19.7 Å². The number of allylic oxidation sites excluding steroid dienone is 3. The van der Waals surface area contributed by atoms with Gasteiger partial charge >= 0.3 is 0 Å². The Morgan fingerprint density at radius 3 is 2.47 bits per heavy atom. The Hall–Kier alpha value is -2.79. The Morgan fingerprint density at radius 2 is 1.92 bits per heavy atom. The molecule has 2 N–H and O–H groups in total. The highest BCUT2D eigenvalue weighted by Crippen LogP contribution is 2.32. The maximum atomic E-state index is 13.2. The second kappa shape index (κ2) is 17.7. The zero-order valence-corrected chi connectivity index (χ0v) is 22.6. The van der Waals surface area contributed by atoms with E-state index in [1.165, 1.54) is 43.7 Å². The number of oxime groups is 1. The summed E-state index contributed by atoms with van der Waals surface area (Å²) in [5, 5.41) is 14.3. The number of nitrogens with zero attached hydrogens (tertiary/aromatic N) is 3. The fourth-order valence-electron chi connectivity index (χ4n) is 5.10. The number of amides is 3. The zero-order chi connectivity index (χ0) is 27.8. The van der Waals surface area contributed by atoms with Gasteiger partial charge in [0.2, 0.25) is 18.7 Å². The number of amidine groups is 1. The molecule has 3 atom stereocenters. The summed E-state index contributed by atoms with van der Waals surface area (Å²) in [5.41, 5.74) is 0. The lowest BCUT2D eigenvalue weighted by molar-refractivity contribution is -0.276. The minimum absolute atomic E-state index is 0.123. The molecule has 2 saturated heterocycles. The first-order valence-electron chi connectivity index (χ1n) is 13.6. The van der Waals surface area contributed by atoms with Gasteiger partial charge in [-0.3, -0.25) is 14.4 Å². The summed E-state index contributed by atoms with van der Waals surface area (Å²) in [4.78, 5) is 42.4. The number of halogens is 1. The Kier molecular flexibility index (Phi) is 14.6. The summed E-state index contributed by atoms with van der Waals surface area (Å²) in [7, 11) is 0. The number of carbonyl (C=O) groups is 3. The summed E-state index contributed by atoms with van der Waals surface area (Å²) >= 11 is 0. The molecule has 1 saturated carbocycles. The molecule has 11 heteroatoms. The van der Waals surface area contributed by atoms with Gasteiger partial charge < -0.3 is 20.2 Å². The van der Waals surface area contributed by atoms with Crippen LogP contribution in [0.3, 0.4) is 0 Å². The molecular formula is C27H43FN4O6. The predicted molar refractivity (Wildman–Crippen MR) is 140 cm³/mol. The first kappa shape index (κ1) is 31.4. The number of nitrogens with one attached hydrogen (secondary N) is 1. The Labute approximate surface area is 224 Å². The van der Waals surface area contributed by atoms with Crippen LogP contribution in [-0.4, -0.2) is 71.8 Å². The lowest BCUT2D eigenvalue weighted by Crippen LogP contribution is -2.44. The van der Waals surface area contributed by atoms with Crippen molar-refractivity contribution < 1.29 is 33.6 Å². The molecule has 10 nitrogen and oxygen atoms in total. The molecule has 214 valence electrons. The van der Waals surface area contributed by atoms with Crippen LogP contribution in [0.25, 0.3) is 0 Å². The van der Waals surface area contributed by atoms with E-state index < -0.39 is 5.83 Å². The number of rotatable bonds is 11. The highest BCUT2D eigenvalue weighted by Gasteiger charge is 2.34. The standard InChI is InChI=1S/C20H34N2O4.C7H9FN2O2/c1-16-7-6-11-22(16)20(24)18(13-17-8-2-3-9-17)14-21(15-23)26-19-10-4-5-12-25-19;1-2-6(8)3-4-7(10-12)9-5-11/h15-19H,2-14H2,1H3;2-5,12H,1H3,(H,9,10,11)/b;4-3-,6-2+. The zero-order valence-electron chi connectivity index (χ0n) is 22.6. The van der Waals surface area contributed by atoms with E-state index in [2.05, 4.69) is 17.4 Å². The molecule has 0 aromatic heterocycles. The van der Waals surface area contributed by atoms with Gasteiger partial charge in [-0.25, -0.2) is 14.3 Å². The van der Waals surface area contributed by atoms with Gasteiger partial charge in [-0.15, -0.1) is 0 Å². The maximum Gasteiger partial charge on any atom is 0.233 e. The number of likely N-dealkylation sites (tertiary alicyclic amines) is 1. The Balaban J connectivity index is 0.000000358. The van der Waals surface area contributed by atoms with Crippen molar-refractivity contribution in [1.29, 1.82) is 0 Å². The molecule has 3 unspecified atom stereocenters. The molecule has 1 aliphatic carbocycles. The van der Waals surface area contributed by atoms with E-state index in [-0.39, 0.29) is 24.0 Å². The van der Waals surface area contributed by atoms with Gasteiger partial charge in [-0.05, 0) is 64.0 Å². The molecule has 3 amide bonds. The lowest BCUT2D eigenvalue weighted by atomic mass is 9.91. The second-order valence-electron chi connectivity index (χ2n) is 9.97. The van der Waals surface area contributed by atoms with E-state index in [1.807, 2.05) is 4.90 Å². The van der Waals surface area contributed by atoms with E-state index in [0.717, 1.165) is 57.2 Å².